The highest BCUT2D eigenvalue weighted by Crippen LogP contribution is 2.44. The number of esters is 1. The van der Waals surface area contributed by atoms with Crippen LogP contribution in [0.3, 0.4) is 0 Å². The maximum Gasteiger partial charge on any atom is 0.330 e. The van der Waals surface area contributed by atoms with Crippen LogP contribution in [0.2, 0.25) is 0 Å². The Hall–Kier alpha value is -1.39. The van der Waals surface area contributed by atoms with E-state index in [0.29, 0.717) is 6.61 Å². The highest BCUT2D eigenvalue weighted by molar-refractivity contribution is 5.83. The van der Waals surface area contributed by atoms with E-state index in [1.54, 1.807) is 6.92 Å². The summed E-state index contributed by atoms with van der Waals surface area (Å²) in [6.07, 6.45) is 6.42. The van der Waals surface area contributed by atoms with Crippen LogP contribution in [0.5, 0.6) is 0 Å². The van der Waals surface area contributed by atoms with Gasteiger partial charge in [-0.1, -0.05) is 31.6 Å². The largest absolute Gasteiger partial charge is 0.463 e. The second kappa shape index (κ2) is 8.46. The Morgan fingerprint density at radius 1 is 1.48 bits per heavy atom. The van der Waals surface area contributed by atoms with Crippen molar-refractivity contribution in [3.8, 4) is 0 Å². The van der Waals surface area contributed by atoms with E-state index < -0.39 is 6.10 Å². The van der Waals surface area contributed by atoms with Crippen molar-refractivity contribution < 1.29 is 19.7 Å². The first-order chi connectivity index (χ1) is 10.7. The van der Waals surface area contributed by atoms with Crippen molar-refractivity contribution in [1.29, 1.82) is 0 Å². The number of allylic oxidation sites excluding steroid dienone is 5. The van der Waals surface area contributed by atoms with Crippen LogP contribution in [0.15, 0.2) is 34.9 Å². The number of ether oxygens (including phenoxy) is 1. The first-order valence-electron chi connectivity index (χ1n) is 8.23. The molecule has 2 atom stereocenters. The molecule has 0 bridgehead atoms. The minimum Gasteiger partial charge on any atom is -0.463 e. The molecule has 0 amide bonds. The van der Waals surface area contributed by atoms with E-state index in [-0.39, 0.29) is 23.9 Å². The standard InChI is InChI=1S/C19H30O4/c1-6-23-18(22)9-13(2)7-8-16-14(3)10-15(17(21)12-20)11-19(16,4)5/h7-9,15,17,20-21H,6,10-12H2,1-5H3. The number of aliphatic hydroxyl groups is 2. The molecule has 0 saturated carbocycles. The van der Waals surface area contributed by atoms with Gasteiger partial charge >= 0.3 is 5.97 Å². The van der Waals surface area contributed by atoms with Gasteiger partial charge in [0.1, 0.15) is 0 Å². The van der Waals surface area contributed by atoms with Gasteiger partial charge in [-0.3, -0.25) is 0 Å². The van der Waals surface area contributed by atoms with Crippen molar-refractivity contribution in [2.24, 2.45) is 11.3 Å². The Morgan fingerprint density at radius 3 is 2.65 bits per heavy atom. The molecule has 23 heavy (non-hydrogen) atoms. The van der Waals surface area contributed by atoms with Gasteiger partial charge in [-0.15, -0.1) is 0 Å². The van der Waals surface area contributed by atoms with Gasteiger partial charge < -0.3 is 14.9 Å². The van der Waals surface area contributed by atoms with Crippen LogP contribution in [-0.2, 0) is 9.53 Å². The van der Waals surface area contributed by atoms with Gasteiger partial charge in [-0.2, -0.15) is 0 Å². The van der Waals surface area contributed by atoms with Crippen LogP contribution in [0, 0.1) is 11.3 Å². The summed E-state index contributed by atoms with van der Waals surface area (Å²) in [5, 5.41) is 19.1. The number of aliphatic hydroxyl groups excluding tert-OH is 2. The van der Waals surface area contributed by atoms with E-state index in [1.807, 2.05) is 13.0 Å². The number of carbonyl (C=O) groups is 1. The van der Waals surface area contributed by atoms with Crippen molar-refractivity contribution in [3.63, 3.8) is 0 Å². The molecular formula is C19H30O4. The minimum absolute atomic E-state index is 0.0795. The van der Waals surface area contributed by atoms with E-state index in [1.165, 1.54) is 17.2 Å². The van der Waals surface area contributed by atoms with Crippen LogP contribution in [-0.4, -0.2) is 35.5 Å². The SMILES string of the molecule is CCOC(=O)C=C(C)C=CC1=C(C)CC(C(O)CO)CC1(C)C. The number of carbonyl (C=O) groups excluding carboxylic acids is 1. The molecule has 0 aliphatic heterocycles. The lowest BCUT2D eigenvalue weighted by atomic mass is 9.67. The van der Waals surface area contributed by atoms with Crippen LogP contribution in [0.25, 0.3) is 0 Å². The summed E-state index contributed by atoms with van der Waals surface area (Å²) in [5.41, 5.74) is 3.22. The smallest absolute Gasteiger partial charge is 0.330 e. The zero-order valence-corrected chi connectivity index (χ0v) is 14.9. The predicted octanol–water partition coefficient (Wildman–Crippen LogP) is 3.16. The molecule has 0 aromatic rings. The lowest BCUT2D eigenvalue weighted by Gasteiger charge is -2.39. The summed E-state index contributed by atoms with van der Waals surface area (Å²) in [4.78, 5) is 11.5. The summed E-state index contributed by atoms with van der Waals surface area (Å²) in [5.74, 6) is -0.238. The van der Waals surface area contributed by atoms with Gasteiger partial charge in [0.25, 0.3) is 0 Å². The third-order valence-electron chi connectivity index (χ3n) is 4.41. The molecule has 1 aliphatic rings. The van der Waals surface area contributed by atoms with Gasteiger partial charge in [0.2, 0.25) is 0 Å². The molecule has 4 nitrogen and oxygen atoms in total. The molecular weight excluding hydrogens is 292 g/mol. The quantitative estimate of drug-likeness (QED) is 0.448. The zero-order valence-electron chi connectivity index (χ0n) is 14.9. The monoisotopic (exact) mass is 322 g/mol. The number of hydrogen-bond acceptors (Lipinski definition) is 4. The van der Waals surface area contributed by atoms with E-state index in [9.17, 15) is 15.0 Å². The van der Waals surface area contributed by atoms with Crippen molar-refractivity contribution in [2.75, 3.05) is 13.2 Å². The van der Waals surface area contributed by atoms with Crippen LogP contribution in [0.1, 0.15) is 47.5 Å². The average molecular weight is 322 g/mol. The van der Waals surface area contributed by atoms with Gasteiger partial charge in [0.05, 0.1) is 19.3 Å². The second-order valence-corrected chi connectivity index (χ2v) is 6.97. The molecule has 0 heterocycles. The fraction of sp³-hybridized carbons (Fsp3) is 0.632. The molecule has 1 aliphatic carbocycles. The molecule has 0 radical (unpaired) electrons. The van der Waals surface area contributed by atoms with Crippen LogP contribution < -0.4 is 0 Å². The zero-order chi connectivity index (χ0) is 17.6. The lowest BCUT2D eigenvalue weighted by molar-refractivity contribution is -0.137. The van der Waals surface area contributed by atoms with E-state index in [2.05, 4.69) is 26.8 Å². The first-order valence-corrected chi connectivity index (χ1v) is 8.23. The topological polar surface area (TPSA) is 66.8 Å². The Labute approximate surface area is 139 Å². The third kappa shape index (κ3) is 5.63. The molecule has 0 fully saturated rings. The molecule has 0 saturated heterocycles. The van der Waals surface area contributed by atoms with Crippen molar-refractivity contribution in [2.45, 2.75) is 53.6 Å². The highest BCUT2D eigenvalue weighted by atomic mass is 16.5. The number of hydrogen-bond donors (Lipinski definition) is 2. The van der Waals surface area contributed by atoms with Gasteiger partial charge in [-0.05, 0) is 56.1 Å². The molecule has 2 N–H and O–H groups in total. The summed E-state index contributed by atoms with van der Waals surface area (Å²) in [7, 11) is 0. The minimum atomic E-state index is -0.666. The fourth-order valence-corrected chi connectivity index (χ4v) is 3.34. The Bertz CT molecular complexity index is 511. The van der Waals surface area contributed by atoms with Crippen LogP contribution in [0.4, 0.5) is 0 Å². The Balaban J connectivity index is 2.93. The normalized spacial score (nSPS) is 23.3. The average Bonchev–Trinajstić information content (AvgIpc) is 2.44. The molecule has 0 aromatic heterocycles. The van der Waals surface area contributed by atoms with E-state index in [0.717, 1.165) is 18.4 Å². The summed E-state index contributed by atoms with van der Waals surface area (Å²) < 4.78 is 4.91. The van der Waals surface area contributed by atoms with Crippen molar-refractivity contribution >= 4 is 5.97 Å². The predicted molar refractivity (Wildman–Crippen MR) is 91.8 cm³/mol. The van der Waals surface area contributed by atoms with Gasteiger partial charge in [0.15, 0.2) is 0 Å². The van der Waals surface area contributed by atoms with Crippen molar-refractivity contribution in [3.05, 3.63) is 34.9 Å². The van der Waals surface area contributed by atoms with E-state index >= 15 is 0 Å². The summed E-state index contributed by atoms with van der Waals surface area (Å²) >= 11 is 0. The number of rotatable bonds is 6. The fourth-order valence-electron chi connectivity index (χ4n) is 3.34. The Kier molecular flexibility index (Phi) is 7.23. The maximum absolute atomic E-state index is 11.5. The second-order valence-electron chi connectivity index (χ2n) is 6.97. The molecule has 2 unspecified atom stereocenters. The molecule has 4 heteroatoms. The molecule has 130 valence electrons. The van der Waals surface area contributed by atoms with Crippen molar-refractivity contribution in [1.82, 2.24) is 0 Å². The lowest BCUT2D eigenvalue weighted by Crippen LogP contribution is -2.33. The molecule has 0 spiro atoms. The van der Waals surface area contributed by atoms with Gasteiger partial charge in [0, 0.05) is 6.08 Å². The highest BCUT2D eigenvalue weighted by Gasteiger charge is 2.35. The Morgan fingerprint density at radius 2 is 2.13 bits per heavy atom. The van der Waals surface area contributed by atoms with Crippen LogP contribution >= 0.6 is 0 Å². The summed E-state index contributed by atoms with van der Waals surface area (Å²) in [6.45, 7) is 10.2. The first kappa shape index (κ1) is 19.7. The van der Waals surface area contributed by atoms with E-state index in [4.69, 9.17) is 4.74 Å². The molecule has 0 aromatic carbocycles. The van der Waals surface area contributed by atoms with Gasteiger partial charge in [-0.25, -0.2) is 4.79 Å². The molecule has 1 rings (SSSR count). The summed E-state index contributed by atoms with van der Waals surface area (Å²) in [6, 6.07) is 0. The third-order valence-corrected chi connectivity index (χ3v) is 4.41. The maximum atomic E-state index is 11.5.